The summed E-state index contributed by atoms with van der Waals surface area (Å²) in [6, 6.07) is -2.76. The molecular formula is C19H32N6O5. The second-order valence-corrected chi connectivity index (χ2v) is 8.13. The average Bonchev–Trinajstić information content (AvgIpc) is 3.33. The number of ketones is 1. The Morgan fingerprint density at radius 2 is 1.93 bits per heavy atom. The fourth-order valence-electron chi connectivity index (χ4n) is 3.96. The zero-order valence-corrected chi connectivity index (χ0v) is 17.8. The molecule has 2 rings (SSSR count). The van der Waals surface area contributed by atoms with E-state index in [0.29, 0.717) is 32.5 Å². The molecule has 0 aromatic heterocycles. The van der Waals surface area contributed by atoms with Crippen molar-refractivity contribution in [3.63, 3.8) is 0 Å². The van der Waals surface area contributed by atoms with Gasteiger partial charge in [0.15, 0.2) is 0 Å². The Balaban J connectivity index is 2.22. The van der Waals surface area contributed by atoms with Crippen molar-refractivity contribution in [2.75, 3.05) is 33.2 Å². The Morgan fingerprint density at radius 1 is 1.23 bits per heavy atom. The Kier molecular flexibility index (Phi) is 8.16. The minimum Gasteiger partial charge on any atom is -0.368 e. The summed E-state index contributed by atoms with van der Waals surface area (Å²) in [6.07, 6.45) is 1.77. The molecule has 0 spiro atoms. The van der Waals surface area contributed by atoms with Gasteiger partial charge in [0.2, 0.25) is 17.6 Å². The number of likely N-dealkylation sites (tertiary alicyclic amines) is 1. The summed E-state index contributed by atoms with van der Waals surface area (Å²) < 4.78 is 0. The SMILES string of the molecule is CNC(=O)C(=O)[C@H](CN1CCNC1=O)NC(=O)[C@H](CC(C)C)N1CCCC1C(N)=O. The highest BCUT2D eigenvalue weighted by molar-refractivity contribution is 6.38. The number of hydrogen-bond acceptors (Lipinski definition) is 6. The van der Waals surface area contributed by atoms with Crippen LogP contribution in [0.4, 0.5) is 4.79 Å². The largest absolute Gasteiger partial charge is 0.368 e. The van der Waals surface area contributed by atoms with Gasteiger partial charge in [-0.2, -0.15) is 0 Å². The number of Topliss-reactive ketones (excluding diaryl/α,β-unsaturated/α-hetero) is 1. The molecule has 5 N–H and O–H groups in total. The standard InChI is InChI=1S/C19H32N6O5/c1-11(2)9-14(25-7-4-5-13(25)16(20)27)17(28)23-12(15(26)18(29)21-3)10-24-8-6-22-19(24)30/h11-14H,4-10H2,1-3H3,(H2,20,27)(H,21,29)(H,22,30)(H,23,28)/t12-,13?,14-/m0/s1. The summed E-state index contributed by atoms with van der Waals surface area (Å²) in [7, 11) is 1.32. The lowest BCUT2D eigenvalue weighted by Crippen LogP contribution is -2.59. The maximum absolute atomic E-state index is 13.2. The minimum absolute atomic E-state index is 0.114. The third-order valence-corrected chi connectivity index (χ3v) is 5.45. The van der Waals surface area contributed by atoms with Gasteiger partial charge in [0.05, 0.1) is 18.6 Å². The number of rotatable bonds is 10. The lowest BCUT2D eigenvalue weighted by molar-refractivity contribution is -0.140. The van der Waals surface area contributed by atoms with Crippen molar-refractivity contribution in [3.05, 3.63) is 0 Å². The van der Waals surface area contributed by atoms with E-state index in [1.54, 1.807) is 4.90 Å². The molecule has 11 heteroatoms. The first-order valence-corrected chi connectivity index (χ1v) is 10.3. The number of primary amides is 1. The summed E-state index contributed by atoms with van der Waals surface area (Å²) in [5, 5.41) is 7.54. The molecule has 0 aromatic rings. The Morgan fingerprint density at radius 3 is 2.47 bits per heavy atom. The van der Waals surface area contributed by atoms with E-state index in [-0.39, 0.29) is 18.5 Å². The molecule has 11 nitrogen and oxygen atoms in total. The summed E-state index contributed by atoms with van der Waals surface area (Å²) in [6.45, 7) is 5.14. The van der Waals surface area contributed by atoms with Crippen LogP contribution in [0.3, 0.4) is 0 Å². The van der Waals surface area contributed by atoms with Gasteiger partial charge in [0.1, 0.15) is 6.04 Å². The van der Waals surface area contributed by atoms with Gasteiger partial charge in [-0.15, -0.1) is 0 Å². The van der Waals surface area contributed by atoms with Crippen LogP contribution in [0.1, 0.15) is 33.1 Å². The Bertz CT molecular complexity index is 697. The smallest absolute Gasteiger partial charge is 0.317 e. The van der Waals surface area contributed by atoms with Crippen molar-refractivity contribution in [2.45, 2.75) is 51.2 Å². The molecule has 0 saturated carbocycles. The van der Waals surface area contributed by atoms with Crippen LogP contribution in [0, 0.1) is 5.92 Å². The van der Waals surface area contributed by atoms with E-state index in [4.69, 9.17) is 5.73 Å². The molecule has 5 amide bonds. The van der Waals surface area contributed by atoms with Crippen molar-refractivity contribution in [1.29, 1.82) is 0 Å². The van der Waals surface area contributed by atoms with E-state index in [9.17, 15) is 24.0 Å². The zero-order chi connectivity index (χ0) is 22.4. The number of nitrogens with two attached hydrogens (primary N) is 1. The second kappa shape index (κ2) is 10.4. The summed E-state index contributed by atoms with van der Waals surface area (Å²) in [4.78, 5) is 64.6. The van der Waals surface area contributed by atoms with Gasteiger partial charge in [-0.3, -0.25) is 24.1 Å². The number of likely N-dealkylation sites (N-methyl/N-ethyl adjacent to an activating group) is 1. The van der Waals surface area contributed by atoms with Gasteiger partial charge >= 0.3 is 6.03 Å². The van der Waals surface area contributed by atoms with Crippen LogP contribution in [0.5, 0.6) is 0 Å². The molecule has 2 aliphatic heterocycles. The normalized spacial score (nSPS) is 21.3. The molecular weight excluding hydrogens is 392 g/mol. The molecule has 0 bridgehead atoms. The summed E-state index contributed by atoms with van der Waals surface area (Å²) >= 11 is 0. The number of nitrogens with zero attached hydrogens (tertiary/aromatic N) is 2. The molecule has 2 fully saturated rings. The number of amides is 5. The zero-order valence-electron chi connectivity index (χ0n) is 17.8. The lowest BCUT2D eigenvalue weighted by atomic mass is 9.99. The van der Waals surface area contributed by atoms with Crippen LogP contribution in [-0.4, -0.2) is 90.7 Å². The highest BCUT2D eigenvalue weighted by Crippen LogP contribution is 2.24. The monoisotopic (exact) mass is 424 g/mol. The number of urea groups is 1. The fraction of sp³-hybridized carbons (Fsp3) is 0.737. The molecule has 3 atom stereocenters. The van der Waals surface area contributed by atoms with Crippen LogP contribution in [0.15, 0.2) is 0 Å². The summed E-state index contributed by atoms with van der Waals surface area (Å²) in [5.74, 6) is -2.48. The van der Waals surface area contributed by atoms with Gasteiger partial charge in [-0.05, 0) is 31.7 Å². The van der Waals surface area contributed by atoms with E-state index in [1.165, 1.54) is 11.9 Å². The van der Waals surface area contributed by atoms with Crippen LogP contribution in [-0.2, 0) is 19.2 Å². The predicted octanol–water partition coefficient (Wildman–Crippen LogP) is -1.82. The van der Waals surface area contributed by atoms with Crippen molar-refractivity contribution in [3.8, 4) is 0 Å². The molecule has 0 aromatic carbocycles. The van der Waals surface area contributed by atoms with Crippen LogP contribution >= 0.6 is 0 Å². The predicted molar refractivity (Wildman–Crippen MR) is 108 cm³/mol. The quantitative estimate of drug-likeness (QED) is 0.303. The Labute approximate surface area is 176 Å². The molecule has 1 unspecified atom stereocenters. The van der Waals surface area contributed by atoms with Gasteiger partial charge in [0.25, 0.3) is 5.91 Å². The van der Waals surface area contributed by atoms with Crippen LogP contribution in [0.2, 0.25) is 0 Å². The maximum atomic E-state index is 13.2. The van der Waals surface area contributed by atoms with Gasteiger partial charge in [-0.1, -0.05) is 13.8 Å². The van der Waals surface area contributed by atoms with Crippen LogP contribution < -0.4 is 21.7 Å². The first-order chi connectivity index (χ1) is 14.1. The van der Waals surface area contributed by atoms with E-state index in [0.717, 1.165) is 6.42 Å². The molecule has 2 saturated heterocycles. The third-order valence-electron chi connectivity index (χ3n) is 5.45. The fourth-order valence-corrected chi connectivity index (χ4v) is 3.96. The first-order valence-electron chi connectivity index (χ1n) is 10.3. The van der Waals surface area contributed by atoms with Gasteiger partial charge < -0.3 is 26.6 Å². The Hall–Kier alpha value is -2.69. The number of nitrogens with one attached hydrogen (secondary N) is 3. The minimum atomic E-state index is -1.19. The third kappa shape index (κ3) is 5.68. The van der Waals surface area contributed by atoms with E-state index < -0.39 is 41.6 Å². The molecule has 0 aliphatic carbocycles. The van der Waals surface area contributed by atoms with E-state index >= 15 is 0 Å². The van der Waals surface area contributed by atoms with E-state index in [2.05, 4.69) is 16.0 Å². The van der Waals surface area contributed by atoms with Gasteiger partial charge in [-0.25, -0.2) is 4.79 Å². The molecule has 30 heavy (non-hydrogen) atoms. The van der Waals surface area contributed by atoms with Crippen molar-refractivity contribution < 1.29 is 24.0 Å². The van der Waals surface area contributed by atoms with Crippen molar-refractivity contribution in [1.82, 2.24) is 25.8 Å². The highest BCUT2D eigenvalue weighted by Gasteiger charge is 2.40. The number of hydrogen-bond donors (Lipinski definition) is 4. The maximum Gasteiger partial charge on any atom is 0.317 e. The molecule has 0 radical (unpaired) electrons. The lowest BCUT2D eigenvalue weighted by Gasteiger charge is -2.33. The van der Waals surface area contributed by atoms with E-state index in [1.807, 2.05) is 13.8 Å². The molecule has 168 valence electrons. The highest BCUT2D eigenvalue weighted by atomic mass is 16.2. The first kappa shape index (κ1) is 23.6. The van der Waals surface area contributed by atoms with Crippen molar-refractivity contribution >= 4 is 29.5 Å². The number of carbonyl (C=O) groups excluding carboxylic acids is 5. The van der Waals surface area contributed by atoms with Crippen LogP contribution in [0.25, 0.3) is 0 Å². The number of carbonyl (C=O) groups is 5. The summed E-state index contributed by atoms with van der Waals surface area (Å²) in [5.41, 5.74) is 5.52. The average molecular weight is 425 g/mol. The van der Waals surface area contributed by atoms with Gasteiger partial charge in [0, 0.05) is 20.1 Å². The molecule has 2 heterocycles. The van der Waals surface area contributed by atoms with Crippen molar-refractivity contribution in [2.24, 2.45) is 11.7 Å². The topological polar surface area (TPSA) is 154 Å². The molecule has 2 aliphatic rings. The second-order valence-electron chi connectivity index (χ2n) is 8.13.